The van der Waals surface area contributed by atoms with E-state index < -0.39 is 0 Å². The number of halogens is 2. The summed E-state index contributed by atoms with van der Waals surface area (Å²) in [6.45, 7) is 2.28. The molecule has 0 saturated heterocycles. The Morgan fingerprint density at radius 1 is 1.07 bits per heavy atom. The number of rotatable bonds is 2. The van der Waals surface area contributed by atoms with Crippen LogP contribution in [0.2, 0.25) is 0 Å². The van der Waals surface area contributed by atoms with Gasteiger partial charge in [0, 0.05) is 31.1 Å². The molecule has 1 aliphatic carbocycles. The normalized spacial score (nSPS) is 31.6. The lowest BCUT2D eigenvalue weighted by Crippen LogP contribution is -3.00. The first-order valence-electron chi connectivity index (χ1n) is 9.34. The van der Waals surface area contributed by atoms with Crippen LogP contribution in [0.25, 0.3) is 0 Å². The Morgan fingerprint density at radius 2 is 1.78 bits per heavy atom. The molecule has 1 aromatic carbocycles. The zero-order valence-corrected chi connectivity index (χ0v) is 20.4. The first kappa shape index (κ1) is 22.9. The smallest absolute Gasteiger partial charge is 0.180 e. The second-order valence-corrected chi connectivity index (χ2v) is 9.18. The molecule has 0 amide bonds. The topological polar surface area (TPSA) is 18.5 Å². The van der Waals surface area contributed by atoms with Crippen molar-refractivity contribution in [3.05, 3.63) is 35.4 Å². The van der Waals surface area contributed by atoms with Crippen molar-refractivity contribution in [3.8, 4) is 5.75 Å². The number of hydrogen-bond acceptors (Lipinski definition) is 2. The molecule has 2 heterocycles. The summed E-state index contributed by atoms with van der Waals surface area (Å²) in [5.74, 6) is 1.03. The predicted molar refractivity (Wildman–Crippen MR) is 102 cm³/mol. The van der Waals surface area contributed by atoms with Crippen molar-refractivity contribution in [2.75, 3.05) is 49.0 Å². The molecule has 4 rings (SSSR count). The first-order chi connectivity index (χ1) is 11.7. The molecule has 1 spiro atoms. The van der Waals surface area contributed by atoms with E-state index in [2.05, 4.69) is 52.5 Å². The minimum absolute atomic E-state index is 0. The molecule has 0 unspecified atom stereocenters. The standard InChI is InChI=1S/C21H32N2O2.2BrH/c1-22(2)12-11-21-10-9-16(24-5)13-18(21)23(3,4)20-17(25-6)8-7-15(14-22)19(20)21;;/h7-10,16,18H,11-14H2,1-6H3;2*1H/q+2;;/p-2/t16-,18-,21-;;/m0../s1. The Kier molecular flexibility index (Phi) is 6.31. The molecule has 0 bridgehead atoms. The van der Waals surface area contributed by atoms with Crippen LogP contribution in [0.4, 0.5) is 5.69 Å². The quantitative estimate of drug-likeness (QED) is 0.313. The van der Waals surface area contributed by atoms with Crippen molar-refractivity contribution in [2.45, 2.75) is 36.9 Å². The fourth-order valence-corrected chi connectivity index (χ4v) is 5.72. The van der Waals surface area contributed by atoms with Crippen molar-refractivity contribution < 1.29 is 47.9 Å². The molecule has 0 radical (unpaired) electrons. The van der Waals surface area contributed by atoms with Crippen molar-refractivity contribution >= 4 is 5.69 Å². The fourth-order valence-electron chi connectivity index (χ4n) is 5.72. The highest BCUT2D eigenvalue weighted by molar-refractivity contribution is 5.73. The van der Waals surface area contributed by atoms with Crippen LogP contribution in [0.1, 0.15) is 24.0 Å². The zero-order chi connectivity index (χ0) is 18.0. The molecule has 27 heavy (non-hydrogen) atoms. The molecular weight excluding hydrogens is 472 g/mol. The van der Waals surface area contributed by atoms with Crippen molar-refractivity contribution in [2.24, 2.45) is 0 Å². The summed E-state index contributed by atoms with van der Waals surface area (Å²) < 4.78 is 13.5. The minimum Gasteiger partial charge on any atom is -1.00 e. The molecule has 152 valence electrons. The molecule has 0 N–H and O–H groups in total. The van der Waals surface area contributed by atoms with Crippen LogP contribution in [-0.2, 0) is 16.7 Å². The van der Waals surface area contributed by atoms with Gasteiger partial charge in [-0.15, -0.1) is 0 Å². The molecule has 2 aliphatic heterocycles. The summed E-state index contributed by atoms with van der Waals surface area (Å²) in [5.41, 5.74) is 4.51. The summed E-state index contributed by atoms with van der Waals surface area (Å²) in [7, 11) is 13.0. The van der Waals surface area contributed by atoms with Crippen LogP contribution < -0.4 is 43.2 Å². The second kappa shape index (κ2) is 7.45. The van der Waals surface area contributed by atoms with E-state index in [1.54, 1.807) is 7.11 Å². The largest absolute Gasteiger partial charge is 1.00 e. The van der Waals surface area contributed by atoms with Crippen molar-refractivity contribution in [1.29, 1.82) is 0 Å². The van der Waals surface area contributed by atoms with Gasteiger partial charge in [-0.2, -0.15) is 0 Å². The number of methoxy groups -OCH3 is 2. The van der Waals surface area contributed by atoms with Gasteiger partial charge in [-0.05, 0) is 12.1 Å². The Labute approximate surface area is 184 Å². The highest BCUT2D eigenvalue weighted by Crippen LogP contribution is 2.59. The maximum absolute atomic E-state index is 5.84. The number of quaternary nitrogens is 2. The van der Waals surface area contributed by atoms with Gasteiger partial charge in [0.1, 0.15) is 12.6 Å². The molecule has 6 heteroatoms. The van der Waals surface area contributed by atoms with Gasteiger partial charge in [0.05, 0.1) is 53.4 Å². The Hall–Kier alpha value is -0.400. The lowest BCUT2D eigenvalue weighted by molar-refractivity contribution is -0.903. The molecule has 0 aromatic heterocycles. The monoisotopic (exact) mass is 502 g/mol. The van der Waals surface area contributed by atoms with Gasteiger partial charge in [0.2, 0.25) is 0 Å². The number of likely N-dealkylation sites (N-methyl/N-ethyl adjacent to an activating group) is 1. The van der Waals surface area contributed by atoms with Crippen LogP contribution >= 0.6 is 0 Å². The second-order valence-electron chi connectivity index (χ2n) is 9.18. The summed E-state index contributed by atoms with van der Waals surface area (Å²) in [5, 5.41) is 0. The van der Waals surface area contributed by atoms with Crippen molar-refractivity contribution in [3.63, 3.8) is 0 Å². The third kappa shape index (κ3) is 3.21. The van der Waals surface area contributed by atoms with Gasteiger partial charge in [-0.1, -0.05) is 12.2 Å². The van der Waals surface area contributed by atoms with Gasteiger partial charge >= 0.3 is 0 Å². The van der Waals surface area contributed by atoms with E-state index in [1.165, 1.54) is 29.8 Å². The fraction of sp³-hybridized carbons (Fsp3) is 0.619. The molecule has 0 fully saturated rings. The third-order valence-electron chi connectivity index (χ3n) is 6.96. The number of ether oxygens (including phenoxy) is 2. The number of benzene rings is 1. The van der Waals surface area contributed by atoms with E-state index in [0.29, 0.717) is 6.04 Å². The number of nitrogens with zero attached hydrogens (tertiary/aromatic N) is 2. The molecular formula is C21H32Br2N2O2. The van der Waals surface area contributed by atoms with Gasteiger partial charge in [0.25, 0.3) is 0 Å². The summed E-state index contributed by atoms with van der Waals surface area (Å²) >= 11 is 0. The molecule has 0 saturated carbocycles. The van der Waals surface area contributed by atoms with Crippen molar-refractivity contribution in [1.82, 2.24) is 4.48 Å². The summed E-state index contributed by atoms with van der Waals surface area (Å²) in [6, 6.07) is 4.98. The molecule has 3 atom stereocenters. The summed E-state index contributed by atoms with van der Waals surface area (Å²) in [4.78, 5) is 0. The zero-order valence-electron chi connectivity index (χ0n) is 17.3. The predicted octanol–water partition coefficient (Wildman–Crippen LogP) is -3.15. The third-order valence-corrected chi connectivity index (χ3v) is 6.96. The number of hydrogen-bond donors (Lipinski definition) is 0. The average molecular weight is 504 g/mol. The van der Waals surface area contributed by atoms with E-state index in [0.717, 1.165) is 27.7 Å². The van der Waals surface area contributed by atoms with Crippen LogP contribution in [0.15, 0.2) is 24.3 Å². The van der Waals surface area contributed by atoms with E-state index in [4.69, 9.17) is 9.47 Å². The Balaban J connectivity index is 0.00000131. The van der Waals surface area contributed by atoms with Crippen LogP contribution in [0.5, 0.6) is 5.75 Å². The first-order valence-corrected chi connectivity index (χ1v) is 9.34. The van der Waals surface area contributed by atoms with Gasteiger partial charge in [-0.3, -0.25) is 4.48 Å². The SMILES string of the molecule is COc1ccc2c3c1[N+](C)(C)[C@H]1C[C@@H](OC)C=C[C@@]31CC[N+](C)(C)C2.[Br-].[Br-]. The van der Waals surface area contributed by atoms with Gasteiger partial charge < -0.3 is 47.9 Å². The van der Waals surface area contributed by atoms with Crippen LogP contribution in [0.3, 0.4) is 0 Å². The van der Waals surface area contributed by atoms with E-state index in [-0.39, 0.29) is 45.5 Å². The highest BCUT2D eigenvalue weighted by Gasteiger charge is 2.62. The van der Waals surface area contributed by atoms with Crippen LogP contribution in [0, 0.1) is 0 Å². The minimum atomic E-state index is 0. The Morgan fingerprint density at radius 3 is 2.41 bits per heavy atom. The maximum Gasteiger partial charge on any atom is 0.180 e. The molecule has 3 aliphatic rings. The van der Waals surface area contributed by atoms with Gasteiger partial charge in [0.15, 0.2) is 11.4 Å². The molecule has 4 nitrogen and oxygen atoms in total. The maximum atomic E-state index is 5.84. The Bertz CT molecular complexity index is 748. The summed E-state index contributed by atoms with van der Waals surface area (Å²) in [6.07, 6.45) is 7.25. The van der Waals surface area contributed by atoms with Gasteiger partial charge in [-0.25, -0.2) is 0 Å². The lowest BCUT2D eigenvalue weighted by Gasteiger charge is -2.43. The highest BCUT2D eigenvalue weighted by atomic mass is 79.9. The van der Waals surface area contributed by atoms with E-state index >= 15 is 0 Å². The average Bonchev–Trinajstić information content (AvgIpc) is 2.71. The van der Waals surface area contributed by atoms with Crippen LogP contribution in [-0.4, -0.2) is 65.6 Å². The van der Waals surface area contributed by atoms with E-state index in [1.807, 2.05) is 7.11 Å². The molecule has 1 aromatic rings. The van der Waals surface area contributed by atoms with E-state index in [9.17, 15) is 0 Å². The lowest BCUT2D eigenvalue weighted by atomic mass is 9.68.